The third-order valence-electron chi connectivity index (χ3n) is 5.76. The molecule has 35 heavy (non-hydrogen) atoms. The molecule has 1 heterocycles. The Morgan fingerprint density at radius 1 is 0.771 bits per heavy atom. The Morgan fingerprint density at radius 2 is 1.37 bits per heavy atom. The molecule has 0 spiro atoms. The minimum absolute atomic E-state index is 0.189. The van der Waals surface area contributed by atoms with Gasteiger partial charge < -0.3 is 10.6 Å². The van der Waals surface area contributed by atoms with Crippen molar-refractivity contribution in [3.8, 4) is 0 Å². The standard InChI is InChI=1S/C14H12FN.C10H15N.C6H14.C2H4/c15-12-8-7-11-6-5-10-3-1-2-4-13(10)16-14(11)9-12;1-3-4-9-5-7-10(11-2)8-6-9;1-3-5-6-4-2;1-2/h1-4,7-9,16H,5-6H2;5-8,11H,3-4H2,1-2H3;3-6H2,1-2H3;1-2H2. The summed E-state index contributed by atoms with van der Waals surface area (Å²) in [6.07, 6.45) is 9.90. The zero-order valence-electron chi connectivity index (χ0n) is 22.3. The van der Waals surface area contributed by atoms with Crippen molar-refractivity contribution in [1.82, 2.24) is 0 Å². The summed E-state index contributed by atoms with van der Waals surface area (Å²) in [5.41, 5.74) is 7.06. The predicted molar refractivity (Wildman–Crippen MR) is 155 cm³/mol. The first kappa shape index (κ1) is 30.0. The van der Waals surface area contributed by atoms with Crippen LogP contribution in [0.5, 0.6) is 0 Å². The number of hydrogen-bond donors (Lipinski definition) is 2. The van der Waals surface area contributed by atoms with Crippen LogP contribution in [-0.4, -0.2) is 7.05 Å². The maximum atomic E-state index is 13.2. The van der Waals surface area contributed by atoms with Gasteiger partial charge in [0.05, 0.1) is 0 Å². The molecule has 3 aromatic carbocycles. The van der Waals surface area contributed by atoms with Crippen molar-refractivity contribution >= 4 is 17.1 Å². The lowest BCUT2D eigenvalue weighted by Gasteiger charge is -2.09. The van der Waals surface area contributed by atoms with Crippen LogP contribution in [0, 0.1) is 5.82 Å². The molecule has 0 saturated carbocycles. The van der Waals surface area contributed by atoms with Crippen molar-refractivity contribution in [3.63, 3.8) is 0 Å². The number of halogens is 1. The van der Waals surface area contributed by atoms with Crippen molar-refractivity contribution in [2.75, 3.05) is 17.7 Å². The van der Waals surface area contributed by atoms with E-state index in [-0.39, 0.29) is 5.82 Å². The van der Waals surface area contributed by atoms with Crippen LogP contribution >= 0.6 is 0 Å². The predicted octanol–water partition coefficient (Wildman–Crippen LogP) is 9.74. The topological polar surface area (TPSA) is 24.1 Å². The zero-order valence-corrected chi connectivity index (χ0v) is 22.3. The number of para-hydroxylation sites is 1. The minimum Gasteiger partial charge on any atom is -0.388 e. The van der Waals surface area contributed by atoms with Gasteiger partial charge in [-0.1, -0.05) is 89.3 Å². The first-order chi connectivity index (χ1) is 17.1. The van der Waals surface area contributed by atoms with Gasteiger partial charge in [-0.05, 0) is 66.3 Å². The summed E-state index contributed by atoms with van der Waals surface area (Å²) in [6, 6.07) is 21.7. The van der Waals surface area contributed by atoms with Gasteiger partial charge in [0.2, 0.25) is 0 Å². The average molecular weight is 477 g/mol. The molecule has 0 atom stereocenters. The van der Waals surface area contributed by atoms with Crippen LogP contribution in [0.2, 0.25) is 0 Å². The molecule has 0 amide bonds. The van der Waals surface area contributed by atoms with Gasteiger partial charge in [-0.3, -0.25) is 0 Å². The van der Waals surface area contributed by atoms with Crippen molar-refractivity contribution < 1.29 is 4.39 Å². The molecule has 1 aliphatic heterocycles. The van der Waals surface area contributed by atoms with Gasteiger partial charge in [0, 0.05) is 24.1 Å². The summed E-state index contributed by atoms with van der Waals surface area (Å²) in [6.45, 7) is 12.7. The Bertz CT molecular complexity index is 946. The normalized spacial score (nSPS) is 10.8. The Morgan fingerprint density at radius 3 is 1.94 bits per heavy atom. The van der Waals surface area contributed by atoms with E-state index in [1.807, 2.05) is 31.3 Å². The lowest BCUT2D eigenvalue weighted by molar-refractivity contribution is 0.627. The fraction of sp³-hybridized carbons (Fsp3) is 0.375. The van der Waals surface area contributed by atoms with Gasteiger partial charge in [-0.2, -0.15) is 0 Å². The molecule has 4 rings (SSSR count). The van der Waals surface area contributed by atoms with Crippen LogP contribution in [0.3, 0.4) is 0 Å². The molecular formula is C32H45FN2. The summed E-state index contributed by atoms with van der Waals surface area (Å²) < 4.78 is 13.2. The third-order valence-corrected chi connectivity index (χ3v) is 5.76. The molecule has 0 bridgehead atoms. The SMILES string of the molecule is C=C.CCCCCC.CCCc1ccc(NC)cc1.Fc1ccc2c(c1)Nc1ccccc1CC2. The first-order valence-electron chi connectivity index (χ1n) is 13.0. The fourth-order valence-electron chi connectivity index (χ4n) is 3.78. The van der Waals surface area contributed by atoms with E-state index in [0.717, 1.165) is 24.2 Å². The molecule has 0 fully saturated rings. The second kappa shape index (κ2) is 18.3. The van der Waals surface area contributed by atoms with E-state index in [1.54, 1.807) is 6.07 Å². The van der Waals surface area contributed by atoms with Gasteiger partial charge >= 0.3 is 0 Å². The Hall–Kier alpha value is -3.07. The van der Waals surface area contributed by atoms with E-state index in [1.165, 1.54) is 67.0 Å². The van der Waals surface area contributed by atoms with Crippen molar-refractivity contribution in [2.24, 2.45) is 0 Å². The molecule has 3 heteroatoms. The van der Waals surface area contributed by atoms with Crippen LogP contribution in [-0.2, 0) is 19.3 Å². The number of fused-ring (bicyclic) bond motifs is 2. The molecule has 2 N–H and O–H groups in total. The Balaban J connectivity index is 0.000000281. The van der Waals surface area contributed by atoms with E-state index >= 15 is 0 Å². The number of aryl methyl sites for hydroxylation is 3. The average Bonchev–Trinajstić information content (AvgIpc) is 3.09. The number of anilines is 3. The Labute approximate surface area is 213 Å². The highest BCUT2D eigenvalue weighted by atomic mass is 19.1. The number of unbranched alkanes of at least 4 members (excludes halogenated alkanes) is 3. The van der Waals surface area contributed by atoms with E-state index in [9.17, 15) is 4.39 Å². The highest BCUT2D eigenvalue weighted by Gasteiger charge is 2.12. The number of rotatable bonds is 6. The summed E-state index contributed by atoms with van der Waals surface area (Å²) in [5.74, 6) is -0.189. The Kier molecular flexibility index (Phi) is 15.7. The van der Waals surface area contributed by atoms with E-state index in [0.29, 0.717) is 0 Å². The lowest BCUT2D eigenvalue weighted by Crippen LogP contribution is -1.93. The second-order valence-electron chi connectivity index (χ2n) is 8.49. The molecule has 1 aliphatic rings. The largest absolute Gasteiger partial charge is 0.388 e. The highest BCUT2D eigenvalue weighted by molar-refractivity contribution is 5.68. The second-order valence-corrected chi connectivity index (χ2v) is 8.49. The summed E-state index contributed by atoms with van der Waals surface area (Å²) in [7, 11) is 1.94. The summed E-state index contributed by atoms with van der Waals surface area (Å²) >= 11 is 0. The van der Waals surface area contributed by atoms with E-state index < -0.39 is 0 Å². The maximum Gasteiger partial charge on any atom is 0.125 e. The van der Waals surface area contributed by atoms with E-state index in [4.69, 9.17) is 0 Å². The zero-order chi connectivity index (χ0) is 25.9. The highest BCUT2D eigenvalue weighted by Crippen LogP contribution is 2.30. The molecule has 2 nitrogen and oxygen atoms in total. The number of hydrogen-bond acceptors (Lipinski definition) is 2. The lowest BCUT2D eigenvalue weighted by atomic mass is 10.0. The van der Waals surface area contributed by atoms with Gasteiger partial charge in [0.15, 0.2) is 0 Å². The molecular weight excluding hydrogens is 431 g/mol. The van der Waals surface area contributed by atoms with Crippen LogP contribution < -0.4 is 10.6 Å². The first-order valence-corrected chi connectivity index (χ1v) is 13.0. The summed E-state index contributed by atoms with van der Waals surface area (Å²) in [5, 5.41) is 6.40. The molecule has 0 radical (unpaired) electrons. The van der Waals surface area contributed by atoms with Crippen LogP contribution in [0.25, 0.3) is 0 Å². The van der Waals surface area contributed by atoms with Crippen LogP contribution in [0.4, 0.5) is 21.5 Å². The monoisotopic (exact) mass is 476 g/mol. The van der Waals surface area contributed by atoms with Gasteiger partial charge in [0.1, 0.15) is 5.82 Å². The van der Waals surface area contributed by atoms with Crippen LogP contribution in [0.15, 0.2) is 79.9 Å². The van der Waals surface area contributed by atoms with Crippen molar-refractivity contribution in [1.29, 1.82) is 0 Å². The molecule has 190 valence electrons. The quantitative estimate of drug-likeness (QED) is 0.273. The van der Waals surface area contributed by atoms with Gasteiger partial charge in [0.25, 0.3) is 0 Å². The smallest absolute Gasteiger partial charge is 0.125 e. The van der Waals surface area contributed by atoms with Gasteiger partial charge in [-0.25, -0.2) is 4.39 Å². The summed E-state index contributed by atoms with van der Waals surface area (Å²) in [4.78, 5) is 0. The number of nitrogens with one attached hydrogen (secondary N) is 2. The van der Waals surface area contributed by atoms with E-state index in [2.05, 4.69) is 74.9 Å². The molecule has 3 aromatic rings. The molecule has 0 unspecified atom stereocenters. The van der Waals surface area contributed by atoms with Crippen LogP contribution in [0.1, 0.15) is 69.6 Å². The van der Waals surface area contributed by atoms with Crippen molar-refractivity contribution in [2.45, 2.75) is 72.1 Å². The third kappa shape index (κ3) is 11.3. The minimum atomic E-state index is -0.189. The molecule has 0 aromatic heterocycles. The van der Waals surface area contributed by atoms with Gasteiger partial charge in [-0.15, -0.1) is 13.2 Å². The molecule has 0 aliphatic carbocycles. The maximum absolute atomic E-state index is 13.2. The number of benzene rings is 3. The molecule has 0 saturated heterocycles. The van der Waals surface area contributed by atoms with Crippen molar-refractivity contribution in [3.05, 3.63) is 102 Å². The fourth-order valence-corrected chi connectivity index (χ4v) is 3.78.